The predicted octanol–water partition coefficient (Wildman–Crippen LogP) is 3.49. The van der Waals surface area contributed by atoms with Crippen molar-refractivity contribution in [3.8, 4) is 0 Å². The van der Waals surface area contributed by atoms with Gasteiger partial charge in [-0.2, -0.15) is 0 Å². The van der Waals surface area contributed by atoms with Gasteiger partial charge in [0.25, 0.3) is 0 Å². The summed E-state index contributed by atoms with van der Waals surface area (Å²) in [5.74, 6) is 0. The van der Waals surface area contributed by atoms with Crippen LogP contribution in [0.3, 0.4) is 0 Å². The van der Waals surface area contributed by atoms with Crippen molar-refractivity contribution in [2.45, 2.75) is 53.2 Å². The lowest BCUT2D eigenvalue weighted by Crippen LogP contribution is -2.42. The number of ether oxygens (including phenoxy) is 1. The van der Waals surface area contributed by atoms with Crippen molar-refractivity contribution in [3.63, 3.8) is 0 Å². The first-order chi connectivity index (χ1) is 8.91. The molecule has 1 aromatic heterocycles. The fourth-order valence-electron chi connectivity index (χ4n) is 2.47. The maximum Gasteiger partial charge on any atom is 0.0814 e. The van der Waals surface area contributed by atoms with E-state index < -0.39 is 0 Å². The first kappa shape index (κ1) is 16.1. The van der Waals surface area contributed by atoms with E-state index in [4.69, 9.17) is 4.74 Å². The van der Waals surface area contributed by atoms with Crippen molar-refractivity contribution in [2.24, 2.45) is 5.41 Å². The summed E-state index contributed by atoms with van der Waals surface area (Å²) in [6.45, 7) is 11.9. The Bertz CT molecular complexity index is 385. The summed E-state index contributed by atoms with van der Waals surface area (Å²) >= 11 is 0. The van der Waals surface area contributed by atoms with Crippen molar-refractivity contribution in [1.29, 1.82) is 0 Å². The van der Waals surface area contributed by atoms with Gasteiger partial charge in [0.05, 0.1) is 12.1 Å². The Morgan fingerprint density at radius 1 is 1.37 bits per heavy atom. The molecule has 0 bridgehead atoms. The Morgan fingerprint density at radius 2 is 2.05 bits per heavy atom. The van der Waals surface area contributed by atoms with Crippen molar-refractivity contribution in [1.82, 2.24) is 10.3 Å². The minimum atomic E-state index is 0.0719. The zero-order chi connectivity index (χ0) is 14.5. The van der Waals surface area contributed by atoms with Gasteiger partial charge in [-0.25, -0.2) is 0 Å². The number of nitrogens with zero attached hydrogens (tertiary/aromatic N) is 1. The van der Waals surface area contributed by atoms with Gasteiger partial charge in [0.2, 0.25) is 0 Å². The van der Waals surface area contributed by atoms with Crippen LogP contribution in [-0.2, 0) is 4.74 Å². The molecular formula is C16H28N2O. The third-order valence-electron chi connectivity index (χ3n) is 3.44. The molecule has 1 rings (SSSR count). The molecular weight excluding hydrogens is 236 g/mol. The summed E-state index contributed by atoms with van der Waals surface area (Å²) in [5.41, 5.74) is 2.57. The van der Waals surface area contributed by atoms with E-state index in [2.05, 4.69) is 51.0 Å². The topological polar surface area (TPSA) is 34.2 Å². The van der Waals surface area contributed by atoms with Crippen molar-refractivity contribution in [2.75, 3.05) is 13.7 Å². The minimum absolute atomic E-state index is 0.0719. The average molecular weight is 264 g/mol. The first-order valence-electron chi connectivity index (χ1n) is 7.08. The highest BCUT2D eigenvalue weighted by Crippen LogP contribution is 2.33. The van der Waals surface area contributed by atoms with Gasteiger partial charge in [0.15, 0.2) is 0 Å². The molecule has 0 spiro atoms. The fourth-order valence-corrected chi connectivity index (χ4v) is 2.47. The van der Waals surface area contributed by atoms with Crippen LogP contribution in [0.1, 0.15) is 51.3 Å². The molecule has 3 nitrogen and oxygen atoms in total. The number of aromatic nitrogens is 1. The Kier molecular flexibility index (Phi) is 5.95. The number of rotatable bonds is 6. The quantitative estimate of drug-likeness (QED) is 0.854. The first-order valence-corrected chi connectivity index (χ1v) is 7.08. The Balaban J connectivity index is 3.10. The maximum atomic E-state index is 5.79. The molecule has 19 heavy (non-hydrogen) atoms. The number of pyridine rings is 1. The van der Waals surface area contributed by atoms with E-state index in [0.29, 0.717) is 0 Å². The molecule has 1 heterocycles. The van der Waals surface area contributed by atoms with Gasteiger partial charge in [-0.1, -0.05) is 27.7 Å². The fraction of sp³-hybridized carbons (Fsp3) is 0.688. The third kappa shape index (κ3) is 4.29. The summed E-state index contributed by atoms with van der Waals surface area (Å²) < 4.78 is 5.79. The van der Waals surface area contributed by atoms with Crippen LogP contribution in [0.4, 0.5) is 0 Å². The summed E-state index contributed by atoms with van der Waals surface area (Å²) in [4.78, 5) is 4.28. The third-order valence-corrected chi connectivity index (χ3v) is 3.44. The number of hydrogen-bond acceptors (Lipinski definition) is 3. The zero-order valence-corrected chi connectivity index (χ0v) is 13.2. The van der Waals surface area contributed by atoms with Gasteiger partial charge in [0, 0.05) is 19.5 Å². The van der Waals surface area contributed by atoms with E-state index >= 15 is 0 Å². The molecule has 0 aromatic carbocycles. The van der Waals surface area contributed by atoms with Gasteiger partial charge in [-0.3, -0.25) is 4.98 Å². The number of aryl methyl sites for hydroxylation is 1. The van der Waals surface area contributed by atoms with E-state index in [9.17, 15) is 0 Å². The molecule has 1 N–H and O–H groups in total. The van der Waals surface area contributed by atoms with Crippen LogP contribution < -0.4 is 5.32 Å². The maximum absolute atomic E-state index is 5.79. The van der Waals surface area contributed by atoms with E-state index in [1.54, 1.807) is 7.11 Å². The molecule has 0 aliphatic carbocycles. The second kappa shape index (κ2) is 7.01. The molecule has 1 aromatic rings. The van der Waals surface area contributed by atoms with Crippen LogP contribution in [0.15, 0.2) is 18.5 Å². The van der Waals surface area contributed by atoms with Crippen LogP contribution in [0.5, 0.6) is 0 Å². The molecule has 0 saturated heterocycles. The zero-order valence-electron chi connectivity index (χ0n) is 13.2. The van der Waals surface area contributed by atoms with Gasteiger partial charge in [0.1, 0.15) is 0 Å². The van der Waals surface area contributed by atoms with Crippen LogP contribution in [0, 0.1) is 12.3 Å². The highest BCUT2D eigenvalue weighted by Gasteiger charge is 2.33. The molecule has 0 amide bonds. The van der Waals surface area contributed by atoms with Gasteiger partial charge < -0.3 is 10.1 Å². The van der Waals surface area contributed by atoms with E-state index in [1.807, 2.05) is 12.4 Å². The molecule has 2 unspecified atom stereocenters. The lowest BCUT2D eigenvalue weighted by molar-refractivity contribution is -0.0121. The number of methoxy groups -OCH3 is 1. The van der Waals surface area contributed by atoms with Crippen molar-refractivity contribution in [3.05, 3.63) is 29.6 Å². The van der Waals surface area contributed by atoms with Crippen LogP contribution in [0.2, 0.25) is 0 Å². The highest BCUT2D eigenvalue weighted by atomic mass is 16.5. The summed E-state index contributed by atoms with van der Waals surface area (Å²) in [7, 11) is 1.79. The predicted molar refractivity (Wildman–Crippen MR) is 80.3 cm³/mol. The highest BCUT2D eigenvalue weighted by molar-refractivity contribution is 5.26. The molecule has 0 aliphatic rings. The molecule has 0 radical (unpaired) electrons. The summed E-state index contributed by atoms with van der Waals surface area (Å²) in [5, 5.41) is 3.62. The van der Waals surface area contributed by atoms with Crippen LogP contribution in [-0.4, -0.2) is 24.7 Å². The van der Waals surface area contributed by atoms with Crippen molar-refractivity contribution < 1.29 is 4.74 Å². The lowest BCUT2D eigenvalue weighted by atomic mass is 9.81. The second-order valence-corrected chi connectivity index (χ2v) is 6.19. The van der Waals surface area contributed by atoms with E-state index in [0.717, 1.165) is 13.0 Å². The van der Waals surface area contributed by atoms with E-state index in [1.165, 1.54) is 11.1 Å². The number of nitrogens with one attached hydrogen (secondary N) is 1. The van der Waals surface area contributed by atoms with Gasteiger partial charge in [-0.05, 0) is 42.5 Å². The molecule has 3 heteroatoms. The summed E-state index contributed by atoms with van der Waals surface area (Å²) in [6.07, 6.45) is 5.02. The summed E-state index contributed by atoms with van der Waals surface area (Å²) in [6, 6.07) is 2.24. The largest absolute Gasteiger partial charge is 0.379 e. The molecule has 2 atom stereocenters. The smallest absolute Gasteiger partial charge is 0.0814 e. The molecule has 0 fully saturated rings. The lowest BCUT2D eigenvalue weighted by Gasteiger charge is -2.37. The minimum Gasteiger partial charge on any atom is -0.379 e. The van der Waals surface area contributed by atoms with Crippen LogP contribution in [0.25, 0.3) is 0 Å². The average Bonchev–Trinajstić information content (AvgIpc) is 2.34. The van der Waals surface area contributed by atoms with Gasteiger partial charge in [-0.15, -0.1) is 0 Å². The Hall–Kier alpha value is -0.930. The Morgan fingerprint density at radius 3 is 2.53 bits per heavy atom. The molecule has 0 saturated carbocycles. The van der Waals surface area contributed by atoms with Crippen molar-refractivity contribution >= 4 is 0 Å². The second-order valence-electron chi connectivity index (χ2n) is 6.19. The normalized spacial score (nSPS) is 15.3. The monoisotopic (exact) mass is 264 g/mol. The molecule has 0 aliphatic heterocycles. The van der Waals surface area contributed by atoms with E-state index in [-0.39, 0.29) is 17.6 Å². The standard InChI is InChI=1S/C16H28N2O/c1-7-9-18-14(15(19-6)16(3,4)5)13-11-17-10-8-12(13)2/h8,10-11,14-15,18H,7,9H2,1-6H3. The van der Waals surface area contributed by atoms with Crippen LogP contribution >= 0.6 is 0 Å². The Labute approximate surface area is 117 Å². The number of hydrogen-bond donors (Lipinski definition) is 1. The SMILES string of the molecule is CCCNC(c1cnccc1C)C(OC)C(C)(C)C. The molecule has 108 valence electrons. The van der Waals surface area contributed by atoms with Gasteiger partial charge >= 0.3 is 0 Å².